The van der Waals surface area contributed by atoms with Gasteiger partial charge in [-0.25, -0.2) is 0 Å². The van der Waals surface area contributed by atoms with Crippen LogP contribution in [0.1, 0.15) is 50.8 Å². The third kappa shape index (κ3) is 3.10. The van der Waals surface area contributed by atoms with Crippen molar-refractivity contribution in [2.45, 2.75) is 52.5 Å². The van der Waals surface area contributed by atoms with Crippen LogP contribution in [0.4, 0.5) is 0 Å². The minimum Gasteiger partial charge on any atom is -0.370 e. The van der Waals surface area contributed by atoms with Crippen LogP contribution in [0.2, 0.25) is 0 Å². The largest absolute Gasteiger partial charge is 0.370 e. The van der Waals surface area contributed by atoms with Crippen molar-refractivity contribution in [2.75, 3.05) is 0 Å². The molecule has 0 aliphatic carbocycles. The summed E-state index contributed by atoms with van der Waals surface area (Å²) in [6, 6.07) is 6.48. The molecule has 1 aliphatic rings. The van der Waals surface area contributed by atoms with Crippen LogP contribution in [0.3, 0.4) is 0 Å². The molecule has 0 saturated heterocycles. The van der Waals surface area contributed by atoms with Crippen LogP contribution in [0.5, 0.6) is 0 Å². The zero-order valence-corrected chi connectivity index (χ0v) is 13.5. The van der Waals surface area contributed by atoms with E-state index in [1.165, 1.54) is 22.3 Å². The summed E-state index contributed by atoms with van der Waals surface area (Å²) in [5.41, 5.74) is 5.62. The summed E-state index contributed by atoms with van der Waals surface area (Å²) in [5, 5.41) is 3.43. The van der Waals surface area contributed by atoms with Gasteiger partial charge in [0.2, 0.25) is 0 Å². The molecular formula is C19H25NO. The summed E-state index contributed by atoms with van der Waals surface area (Å²) < 4.78 is 0. The van der Waals surface area contributed by atoms with Crippen molar-refractivity contribution in [3.05, 3.63) is 52.6 Å². The second-order valence-corrected chi connectivity index (χ2v) is 5.81. The van der Waals surface area contributed by atoms with Gasteiger partial charge in [-0.3, -0.25) is 0 Å². The molecule has 0 saturated carbocycles. The zero-order valence-electron chi connectivity index (χ0n) is 13.5. The highest BCUT2D eigenvalue weighted by Crippen LogP contribution is 2.30. The van der Waals surface area contributed by atoms with Gasteiger partial charge in [0.1, 0.15) is 11.8 Å². The number of rotatable bonds is 5. The van der Waals surface area contributed by atoms with E-state index in [0.717, 1.165) is 31.2 Å². The first-order valence-corrected chi connectivity index (χ1v) is 7.86. The van der Waals surface area contributed by atoms with Gasteiger partial charge in [-0.2, -0.15) is 0 Å². The molecule has 0 amide bonds. The quantitative estimate of drug-likeness (QED) is 0.826. The fraction of sp³-hybridized carbons (Fsp3) is 0.421. The van der Waals surface area contributed by atoms with Crippen molar-refractivity contribution < 1.29 is 4.79 Å². The number of benzene rings is 1. The summed E-state index contributed by atoms with van der Waals surface area (Å²) in [5.74, 6) is 0. The molecule has 0 aromatic heterocycles. The van der Waals surface area contributed by atoms with Crippen LogP contribution in [0.15, 0.2) is 35.9 Å². The van der Waals surface area contributed by atoms with Gasteiger partial charge in [0.15, 0.2) is 0 Å². The molecule has 0 radical (unpaired) electrons. The molecule has 0 fully saturated rings. The molecule has 2 heteroatoms. The van der Waals surface area contributed by atoms with Crippen molar-refractivity contribution >= 4 is 12.0 Å². The maximum absolute atomic E-state index is 11.5. The van der Waals surface area contributed by atoms with Crippen LogP contribution < -0.4 is 5.32 Å². The van der Waals surface area contributed by atoms with E-state index in [1.807, 2.05) is 13.0 Å². The first kappa shape index (κ1) is 15.6. The molecule has 1 atom stereocenters. The number of aldehydes is 1. The predicted molar refractivity (Wildman–Crippen MR) is 89.2 cm³/mol. The van der Waals surface area contributed by atoms with Crippen LogP contribution in [-0.4, -0.2) is 11.8 Å². The van der Waals surface area contributed by atoms with Crippen molar-refractivity contribution in [3.63, 3.8) is 0 Å². The zero-order chi connectivity index (χ0) is 15.5. The molecule has 112 valence electrons. The lowest BCUT2D eigenvalue weighted by molar-refractivity contribution is -0.111. The van der Waals surface area contributed by atoms with Crippen LogP contribution in [0, 0.1) is 0 Å². The third-order valence-electron chi connectivity index (χ3n) is 4.14. The normalized spacial score (nSPS) is 21.3. The fourth-order valence-corrected chi connectivity index (χ4v) is 2.97. The number of allylic oxidation sites excluding steroid dienone is 2. The van der Waals surface area contributed by atoms with Crippen molar-refractivity contribution in [1.82, 2.24) is 5.32 Å². The maximum Gasteiger partial charge on any atom is 0.149 e. The van der Waals surface area contributed by atoms with Crippen LogP contribution >= 0.6 is 0 Å². The van der Waals surface area contributed by atoms with E-state index in [4.69, 9.17) is 0 Å². The Labute approximate surface area is 128 Å². The van der Waals surface area contributed by atoms with E-state index < -0.39 is 5.54 Å². The Morgan fingerprint density at radius 2 is 1.71 bits per heavy atom. The van der Waals surface area contributed by atoms with Crippen molar-refractivity contribution in [1.29, 1.82) is 0 Å². The molecular weight excluding hydrogens is 258 g/mol. The van der Waals surface area contributed by atoms with Gasteiger partial charge < -0.3 is 10.1 Å². The van der Waals surface area contributed by atoms with Crippen LogP contribution in [-0.2, 0) is 17.6 Å². The van der Waals surface area contributed by atoms with Gasteiger partial charge in [-0.15, -0.1) is 0 Å². The minimum absolute atomic E-state index is 0.610. The topological polar surface area (TPSA) is 29.1 Å². The Morgan fingerprint density at radius 1 is 1.10 bits per heavy atom. The van der Waals surface area contributed by atoms with Gasteiger partial charge in [0.05, 0.1) is 0 Å². The van der Waals surface area contributed by atoms with E-state index in [1.54, 1.807) is 0 Å². The summed E-state index contributed by atoms with van der Waals surface area (Å²) in [6.07, 6.45) is 8.14. The second kappa shape index (κ2) is 6.30. The molecule has 21 heavy (non-hydrogen) atoms. The lowest BCUT2D eigenvalue weighted by Crippen LogP contribution is -2.43. The number of hydrogen-bond acceptors (Lipinski definition) is 2. The smallest absolute Gasteiger partial charge is 0.149 e. The van der Waals surface area contributed by atoms with Crippen molar-refractivity contribution in [3.8, 4) is 0 Å². The molecule has 2 nitrogen and oxygen atoms in total. The summed E-state index contributed by atoms with van der Waals surface area (Å²) in [6.45, 7) is 8.42. The maximum atomic E-state index is 11.5. The molecule has 1 heterocycles. The Kier molecular flexibility index (Phi) is 4.66. The van der Waals surface area contributed by atoms with Crippen LogP contribution in [0.25, 0.3) is 5.70 Å². The Bertz CT molecular complexity index is 575. The molecule has 1 aliphatic heterocycles. The van der Waals surface area contributed by atoms with Crippen molar-refractivity contribution in [2.24, 2.45) is 0 Å². The summed E-state index contributed by atoms with van der Waals surface area (Å²) >= 11 is 0. The number of hydrogen-bond donors (Lipinski definition) is 1. The Hall–Kier alpha value is -1.83. The highest BCUT2D eigenvalue weighted by atomic mass is 16.1. The highest BCUT2D eigenvalue weighted by Gasteiger charge is 2.27. The lowest BCUT2D eigenvalue weighted by atomic mass is 9.88. The molecule has 0 spiro atoms. The molecule has 1 aromatic rings. The highest BCUT2D eigenvalue weighted by molar-refractivity contribution is 5.80. The minimum atomic E-state index is -0.610. The standard InChI is InChI=1S/C19H25NO/c1-5-14-11-17(20-19(4,12-14)13-21)18-15(6-2)9-8-10-16(18)7-3/h8-13,20H,5-7H2,1-4H3. The molecule has 1 aromatic carbocycles. The average Bonchev–Trinajstić information content (AvgIpc) is 2.53. The van der Waals surface area contributed by atoms with E-state index in [-0.39, 0.29) is 0 Å². The second-order valence-electron chi connectivity index (χ2n) is 5.81. The number of dihydropyridines is 1. The van der Waals surface area contributed by atoms with E-state index >= 15 is 0 Å². The number of carbonyl (C=O) groups is 1. The first-order valence-electron chi connectivity index (χ1n) is 7.86. The van der Waals surface area contributed by atoms with E-state index in [0.29, 0.717) is 0 Å². The molecule has 2 rings (SSSR count). The number of aryl methyl sites for hydroxylation is 2. The summed E-state index contributed by atoms with van der Waals surface area (Å²) in [7, 11) is 0. The van der Waals surface area contributed by atoms with Gasteiger partial charge in [-0.05, 0) is 55.0 Å². The number of carbonyl (C=O) groups excluding carboxylic acids is 1. The van der Waals surface area contributed by atoms with Gasteiger partial charge in [0, 0.05) is 11.3 Å². The molecule has 1 unspecified atom stereocenters. The Balaban J connectivity index is 2.58. The SMILES string of the molecule is CCC1=CC(C)(C=O)NC(c2c(CC)cccc2CC)=C1. The third-order valence-corrected chi connectivity index (χ3v) is 4.14. The molecule has 0 bridgehead atoms. The Morgan fingerprint density at radius 3 is 2.19 bits per heavy atom. The molecule has 1 N–H and O–H groups in total. The van der Waals surface area contributed by atoms with E-state index in [2.05, 4.69) is 50.4 Å². The van der Waals surface area contributed by atoms with E-state index in [9.17, 15) is 4.79 Å². The summed E-state index contributed by atoms with van der Waals surface area (Å²) in [4.78, 5) is 11.5. The fourth-order valence-electron chi connectivity index (χ4n) is 2.97. The first-order chi connectivity index (χ1) is 10.1. The predicted octanol–water partition coefficient (Wildman–Crippen LogP) is 4.05. The lowest BCUT2D eigenvalue weighted by Gasteiger charge is -2.31. The van der Waals surface area contributed by atoms with Gasteiger partial charge >= 0.3 is 0 Å². The monoisotopic (exact) mass is 283 g/mol. The van der Waals surface area contributed by atoms with Gasteiger partial charge in [-0.1, -0.05) is 39.0 Å². The number of nitrogens with one attached hydrogen (secondary N) is 1. The van der Waals surface area contributed by atoms with Gasteiger partial charge in [0.25, 0.3) is 0 Å². The average molecular weight is 283 g/mol.